The molecule has 44 heavy (non-hydrogen) atoms. The number of carbonyl (C=O) groups is 3. The van der Waals surface area contributed by atoms with Gasteiger partial charge in [0.05, 0.1) is 0 Å². The van der Waals surface area contributed by atoms with Crippen molar-refractivity contribution in [3.63, 3.8) is 0 Å². The first-order chi connectivity index (χ1) is 21.4. The summed E-state index contributed by atoms with van der Waals surface area (Å²) in [6.45, 7) is 8.83. The summed E-state index contributed by atoms with van der Waals surface area (Å²) in [5.41, 5.74) is 0. The Balaban J connectivity index is 4.25. The van der Waals surface area contributed by atoms with Crippen LogP contribution in [0.15, 0.2) is 0 Å². The van der Waals surface area contributed by atoms with Gasteiger partial charge in [0.15, 0.2) is 6.10 Å². The van der Waals surface area contributed by atoms with Gasteiger partial charge in [0.25, 0.3) is 0 Å². The zero-order valence-corrected chi connectivity index (χ0v) is 29.6. The second kappa shape index (κ2) is 32.8. The molecule has 0 rings (SSSR count). The highest BCUT2D eigenvalue weighted by Gasteiger charge is 2.19. The third-order valence-corrected chi connectivity index (χ3v) is 8.29. The van der Waals surface area contributed by atoms with Crippen molar-refractivity contribution in [1.82, 2.24) is 0 Å². The zero-order chi connectivity index (χ0) is 32.5. The van der Waals surface area contributed by atoms with Crippen LogP contribution in [0.2, 0.25) is 0 Å². The van der Waals surface area contributed by atoms with Crippen molar-refractivity contribution in [2.24, 2.45) is 5.92 Å². The molecule has 0 radical (unpaired) electrons. The van der Waals surface area contributed by atoms with Crippen LogP contribution in [0.1, 0.15) is 201 Å². The van der Waals surface area contributed by atoms with Crippen molar-refractivity contribution in [3.8, 4) is 0 Å². The zero-order valence-electron chi connectivity index (χ0n) is 29.6. The van der Waals surface area contributed by atoms with Gasteiger partial charge in [-0.15, -0.1) is 0 Å². The quantitative estimate of drug-likeness (QED) is 0.0410. The van der Waals surface area contributed by atoms with Crippen molar-refractivity contribution >= 4 is 17.9 Å². The van der Waals surface area contributed by atoms with Crippen molar-refractivity contribution in [2.45, 2.75) is 207 Å². The van der Waals surface area contributed by atoms with E-state index in [9.17, 15) is 14.4 Å². The highest BCUT2D eigenvalue weighted by Crippen LogP contribution is 2.14. The molecule has 6 heteroatoms. The maximum Gasteiger partial charge on any atom is 0.306 e. The number of carbonyl (C=O) groups excluding carboxylic acids is 3. The smallest absolute Gasteiger partial charge is 0.306 e. The Morgan fingerprint density at radius 1 is 0.432 bits per heavy atom. The first-order valence-electron chi connectivity index (χ1n) is 18.9. The predicted molar refractivity (Wildman–Crippen MR) is 183 cm³/mol. The number of hydrogen-bond donors (Lipinski definition) is 0. The molecular weight excluding hydrogens is 552 g/mol. The van der Waals surface area contributed by atoms with E-state index in [1.165, 1.54) is 89.9 Å². The average molecular weight is 625 g/mol. The second-order valence-corrected chi connectivity index (χ2v) is 13.3. The summed E-state index contributed by atoms with van der Waals surface area (Å²) in [4.78, 5) is 37.1. The molecule has 260 valence electrons. The number of ether oxygens (including phenoxy) is 3. The average Bonchev–Trinajstić information content (AvgIpc) is 3.00. The summed E-state index contributed by atoms with van der Waals surface area (Å²) in [6, 6.07) is 0. The molecule has 0 amide bonds. The van der Waals surface area contributed by atoms with E-state index >= 15 is 0 Å². The summed E-state index contributed by atoms with van der Waals surface area (Å²) in [5, 5.41) is 0. The Kier molecular flexibility index (Phi) is 31.6. The van der Waals surface area contributed by atoms with Crippen molar-refractivity contribution in [1.29, 1.82) is 0 Å². The van der Waals surface area contributed by atoms with E-state index < -0.39 is 6.10 Å². The van der Waals surface area contributed by atoms with Crippen molar-refractivity contribution in [3.05, 3.63) is 0 Å². The number of rotatable bonds is 33. The van der Waals surface area contributed by atoms with E-state index in [4.69, 9.17) is 14.2 Å². The van der Waals surface area contributed by atoms with Crippen LogP contribution in [-0.2, 0) is 28.6 Å². The van der Waals surface area contributed by atoms with Crippen molar-refractivity contribution in [2.75, 3.05) is 13.2 Å². The summed E-state index contributed by atoms with van der Waals surface area (Å²) < 4.78 is 16.5. The summed E-state index contributed by atoms with van der Waals surface area (Å²) in [5.74, 6) is -0.0865. The van der Waals surface area contributed by atoms with Crippen molar-refractivity contribution < 1.29 is 28.6 Å². The van der Waals surface area contributed by atoms with Gasteiger partial charge in [0.1, 0.15) is 13.2 Å². The van der Waals surface area contributed by atoms with E-state index in [1.807, 2.05) is 0 Å². The molecule has 0 fully saturated rings. The minimum absolute atomic E-state index is 0.0668. The molecule has 0 bridgehead atoms. The molecule has 0 heterocycles. The molecule has 0 saturated heterocycles. The van der Waals surface area contributed by atoms with Gasteiger partial charge >= 0.3 is 17.9 Å². The lowest BCUT2D eigenvalue weighted by Crippen LogP contribution is -2.30. The first-order valence-corrected chi connectivity index (χ1v) is 18.9. The molecule has 0 aromatic heterocycles. The SMILES string of the molecule is CCCCCCCCCCCCC(=O)OC[C@H](COC(=O)CCCCCCCCCCC(C)C)OC(=O)CCCCCCC. The Morgan fingerprint density at radius 2 is 0.750 bits per heavy atom. The maximum absolute atomic E-state index is 12.4. The highest BCUT2D eigenvalue weighted by molar-refractivity contribution is 5.71. The van der Waals surface area contributed by atoms with Crippen LogP contribution in [0.25, 0.3) is 0 Å². The van der Waals surface area contributed by atoms with Crippen LogP contribution in [-0.4, -0.2) is 37.2 Å². The number of esters is 3. The molecule has 0 N–H and O–H groups in total. The molecule has 0 aliphatic heterocycles. The summed E-state index contributed by atoms with van der Waals surface area (Å²) in [6.07, 6.45) is 28.3. The molecule has 0 saturated carbocycles. The molecule has 0 unspecified atom stereocenters. The van der Waals surface area contributed by atoms with E-state index in [1.54, 1.807) is 0 Å². The van der Waals surface area contributed by atoms with Gasteiger partial charge in [0.2, 0.25) is 0 Å². The molecule has 0 aromatic carbocycles. The fraction of sp³-hybridized carbons (Fsp3) is 0.921. The Bertz CT molecular complexity index is 662. The Morgan fingerprint density at radius 3 is 1.11 bits per heavy atom. The predicted octanol–water partition coefficient (Wildman–Crippen LogP) is 11.2. The van der Waals surface area contributed by atoms with Crippen LogP contribution >= 0.6 is 0 Å². The van der Waals surface area contributed by atoms with E-state index in [-0.39, 0.29) is 31.1 Å². The van der Waals surface area contributed by atoms with E-state index in [0.717, 1.165) is 70.1 Å². The van der Waals surface area contributed by atoms with Gasteiger partial charge in [-0.1, -0.05) is 163 Å². The molecule has 0 spiro atoms. The van der Waals surface area contributed by atoms with Gasteiger partial charge < -0.3 is 14.2 Å². The van der Waals surface area contributed by atoms with Gasteiger partial charge in [-0.05, 0) is 25.2 Å². The standard InChI is InChI=1S/C38H72O6/c1-5-7-9-11-12-13-14-18-22-25-29-36(39)42-32-35(44-38(41)31-27-20-10-8-6-2)33-43-37(40)30-26-23-19-16-15-17-21-24-28-34(3)4/h34-35H,5-33H2,1-4H3/t35-/m1/s1. The number of hydrogen-bond acceptors (Lipinski definition) is 6. The minimum atomic E-state index is -0.755. The Hall–Kier alpha value is -1.59. The lowest BCUT2D eigenvalue weighted by atomic mass is 10.0. The third-order valence-electron chi connectivity index (χ3n) is 8.29. The fourth-order valence-electron chi connectivity index (χ4n) is 5.39. The third kappa shape index (κ3) is 31.8. The van der Waals surface area contributed by atoms with Gasteiger partial charge in [-0.3, -0.25) is 14.4 Å². The lowest BCUT2D eigenvalue weighted by molar-refractivity contribution is -0.167. The first kappa shape index (κ1) is 42.4. The van der Waals surface area contributed by atoms with Gasteiger partial charge in [-0.2, -0.15) is 0 Å². The molecule has 1 atom stereocenters. The number of unbranched alkanes of at least 4 members (excludes halogenated alkanes) is 20. The molecule has 0 aromatic rings. The van der Waals surface area contributed by atoms with Crippen LogP contribution < -0.4 is 0 Å². The van der Waals surface area contributed by atoms with E-state index in [2.05, 4.69) is 27.7 Å². The van der Waals surface area contributed by atoms with Crippen LogP contribution in [0.5, 0.6) is 0 Å². The normalized spacial score (nSPS) is 11.9. The minimum Gasteiger partial charge on any atom is -0.462 e. The monoisotopic (exact) mass is 625 g/mol. The van der Waals surface area contributed by atoms with Crippen LogP contribution in [0.3, 0.4) is 0 Å². The summed E-state index contributed by atoms with van der Waals surface area (Å²) in [7, 11) is 0. The second-order valence-electron chi connectivity index (χ2n) is 13.3. The molecule has 0 aliphatic carbocycles. The van der Waals surface area contributed by atoms with E-state index in [0.29, 0.717) is 19.3 Å². The Labute approximate surface area is 272 Å². The molecule has 0 aliphatic rings. The summed E-state index contributed by atoms with van der Waals surface area (Å²) >= 11 is 0. The largest absolute Gasteiger partial charge is 0.462 e. The fourth-order valence-corrected chi connectivity index (χ4v) is 5.39. The van der Waals surface area contributed by atoms with Gasteiger partial charge in [-0.25, -0.2) is 0 Å². The topological polar surface area (TPSA) is 78.9 Å². The maximum atomic E-state index is 12.4. The van der Waals surface area contributed by atoms with Crippen LogP contribution in [0, 0.1) is 5.92 Å². The lowest BCUT2D eigenvalue weighted by Gasteiger charge is -2.18. The molecule has 6 nitrogen and oxygen atoms in total. The van der Waals surface area contributed by atoms with Crippen LogP contribution in [0.4, 0.5) is 0 Å². The molecular formula is C38H72O6. The highest BCUT2D eigenvalue weighted by atomic mass is 16.6. The van der Waals surface area contributed by atoms with Gasteiger partial charge in [0, 0.05) is 19.3 Å².